The molecule has 0 spiro atoms. The van der Waals surface area contributed by atoms with E-state index in [-0.39, 0.29) is 0 Å². The maximum absolute atomic E-state index is 5.18. The van der Waals surface area contributed by atoms with Crippen molar-refractivity contribution in [2.45, 2.75) is 10.1 Å². The van der Waals surface area contributed by atoms with E-state index < -0.39 is 0 Å². The number of benzene rings is 1. The third-order valence-corrected chi connectivity index (χ3v) is 4.47. The number of aromatic nitrogens is 2. The van der Waals surface area contributed by atoms with E-state index in [0.29, 0.717) is 0 Å². The van der Waals surface area contributed by atoms with Crippen molar-refractivity contribution in [3.63, 3.8) is 0 Å². The van der Waals surface area contributed by atoms with Crippen LogP contribution in [-0.4, -0.2) is 17.3 Å². The first-order chi connectivity index (χ1) is 7.79. The molecule has 1 aromatic carbocycles. The summed E-state index contributed by atoms with van der Waals surface area (Å²) in [4.78, 5) is 0. The van der Waals surface area contributed by atoms with Gasteiger partial charge < -0.3 is 4.74 Å². The van der Waals surface area contributed by atoms with Crippen molar-refractivity contribution in [3.8, 4) is 5.75 Å². The molecular formula is C10H9BrN2OS2. The predicted molar refractivity (Wildman–Crippen MR) is 70.2 cm³/mol. The third kappa shape index (κ3) is 2.96. The number of halogens is 1. The quantitative estimate of drug-likeness (QED) is 0.807. The van der Waals surface area contributed by atoms with Gasteiger partial charge in [0.2, 0.25) is 0 Å². The van der Waals surface area contributed by atoms with Gasteiger partial charge >= 0.3 is 0 Å². The topological polar surface area (TPSA) is 35.0 Å². The monoisotopic (exact) mass is 316 g/mol. The number of methoxy groups -OCH3 is 1. The molecule has 0 fully saturated rings. The molecule has 2 aromatic rings. The Morgan fingerprint density at radius 3 is 3.00 bits per heavy atom. The average molecular weight is 317 g/mol. The number of nitrogens with zero attached hydrogens (tertiary/aromatic N) is 2. The van der Waals surface area contributed by atoms with E-state index in [0.717, 1.165) is 20.3 Å². The summed E-state index contributed by atoms with van der Waals surface area (Å²) in [5, 5.41) is 7.78. The van der Waals surface area contributed by atoms with E-state index in [4.69, 9.17) is 4.74 Å². The molecule has 0 saturated heterocycles. The molecule has 3 nitrogen and oxygen atoms in total. The second kappa shape index (κ2) is 5.65. The summed E-state index contributed by atoms with van der Waals surface area (Å²) in [6, 6.07) is 6.07. The van der Waals surface area contributed by atoms with Gasteiger partial charge in [-0.25, -0.2) is 0 Å². The lowest BCUT2D eigenvalue weighted by Gasteiger charge is -2.05. The Labute approximate surface area is 110 Å². The van der Waals surface area contributed by atoms with Crippen LogP contribution in [0.1, 0.15) is 5.56 Å². The molecule has 16 heavy (non-hydrogen) atoms. The lowest BCUT2D eigenvalue weighted by molar-refractivity contribution is 0.412. The van der Waals surface area contributed by atoms with Gasteiger partial charge in [0, 0.05) is 5.75 Å². The first kappa shape index (κ1) is 11.9. The van der Waals surface area contributed by atoms with Gasteiger partial charge in [-0.3, -0.25) is 0 Å². The fourth-order valence-corrected chi connectivity index (χ4v) is 3.19. The zero-order valence-electron chi connectivity index (χ0n) is 8.51. The van der Waals surface area contributed by atoms with Gasteiger partial charge in [-0.2, -0.15) is 0 Å². The van der Waals surface area contributed by atoms with E-state index in [1.54, 1.807) is 35.7 Å². The Morgan fingerprint density at radius 1 is 1.50 bits per heavy atom. The summed E-state index contributed by atoms with van der Waals surface area (Å²) < 4.78 is 7.15. The first-order valence-corrected chi connectivity index (χ1v) is 7.17. The summed E-state index contributed by atoms with van der Waals surface area (Å²) in [6.45, 7) is 0. The van der Waals surface area contributed by atoms with Crippen LogP contribution in [0.25, 0.3) is 0 Å². The van der Waals surface area contributed by atoms with Crippen LogP contribution in [0.5, 0.6) is 5.75 Å². The van der Waals surface area contributed by atoms with Gasteiger partial charge in [0.15, 0.2) is 4.34 Å². The molecule has 0 radical (unpaired) electrons. The summed E-state index contributed by atoms with van der Waals surface area (Å²) in [7, 11) is 1.66. The fraction of sp³-hybridized carbons (Fsp3) is 0.200. The third-order valence-electron chi connectivity index (χ3n) is 1.92. The van der Waals surface area contributed by atoms with Crippen LogP contribution < -0.4 is 4.74 Å². The molecule has 0 bridgehead atoms. The Hall–Kier alpha value is -0.590. The van der Waals surface area contributed by atoms with Crippen LogP contribution >= 0.6 is 39.0 Å². The Kier molecular flexibility index (Phi) is 4.20. The predicted octanol–water partition coefficient (Wildman–Crippen LogP) is 3.60. The first-order valence-electron chi connectivity index (χ1n) is 4.51. The molecule has 2 rings (SSSR count). The highest BCUT2D eigenvalue weighted by Crippen LogP contribution is 2.29. The summed E-state index contributed by atoms with van der Waals surface area (Å²) in [5.74, 6) is 1.74. The highest BCUT2D eigenvalue weighted by molar-refractivity contribution is 9.10. The summed E-state index contributed by atoms with van der Waals surface area (Å²) in [5.41, 5.74) is 2.97. The Morgan fingerprint density at radius 2 is 2.38 bits per heavy atom. The maximum atomic E-state index is 5.18. The van der Waals surface area contributed by atoms with Crippen LogP contribution in [0.15, 0.2) is 32.5 Å². The number of hydrogen-bond donors (Lipinski definition) is 0. The average Bonchev–Trinajstić information content (AvgIpc) is 2.79. The van der Waals surface area contributed by atoms with Crippen LogP contribution in [0.4, 0.5) is 0 Å². The summed E-state index contributed by atoms with van der Waals surface area (Å²) in [6.07, 6.45) is 0. The van der Waals surface area contributed by atoms with Crippen LogP contribution in [0, 0.1) is 0 Å². The fourth-order valence-electron chi connectivity index (χ4n) is 1.17. The van der Waals surface area contributed by atoms with Gasteiger partial charge in [-0.15, -0.1) is 10.2 Å². The second-order valence-electron chi connectivity index (χ2n) is 2.96. The second-order valence-corrected chi connectivity index (χ2v) is 5.87. The van der Waals surface area contributed by atoms with Gasteiger partial charge in [0.1, 0.15) is 11.3 Å². The molecule has 1 aromatic heterocycles. The zero-order valence-corrected chi connectivity index (χ0v) is 11.7. The standard InChI is InChI=1S/C10H9BrN2OS2/c1-14-9-3-2-7(4-8(9)11)5-15-10-13-12-6-16-10/h2-4,6H,5H2,1H3. The normalized spacial score (nSPS) is 10.4. The van der Waals surface area contributed by atoms with Gasteiger partial charge in [0.05, 0.1) is 11.6 Å². The van der Waals surface area contributed by atoms with Crippen molar-refractivity contribution in [2.24, 2.45) is 0 Å². The smallest absolute Gasteiger partial charge is 0.174 e. The van der Waals surface area contributed by atoms with Gasteiger partial charge in [-0.1, -0.05) is 29.2 Å². The van der Waals surface area contributed by atoms with Crippen LogP contribution in [0.3, 0.4) is 0 Å². The van der Waals surface area contributed by atoms with E-state index in [9.17, 15) is 0 Å². The molecule has 0 aliphatic carbocycles. The van der Waals surface area contributed by atoms with Crippen molar-refractivity contribution in [1.82, 2.24) is 10.2 Å². The van der Waals surface area contributed by atoms with Crippen molar-refractivity contribution in [1.29, 1.82) is 0 Å². The molecule has 0 amide bonds. The van der Waals surface area contributed by atoms with E-state index in [1.165, 1.54) is 5.56 Å². The molecule has 0 N–H and O–H groups in total. The van der Waals surface area contributed by atoms with Crippen LogP contribution in [-0.2, 0) is 5.75 Å². The molecular weight excluding hydrogens is 308 g/mol. The highest BCUT2D eigenvalue weighted by atomic mass is 79.9. The van der Waals surface area contributed by atoms with E-state index >= 15 is 0 Å². The summed E-state index contributed by atoms with van der Waals surface area (Å²) >= 11 is 6.71. The van der Waals surface area contributed by atoms with E-state index in [2.05, 4.69) is 38.3 Å². The maximum Gasteiger partial charge on any atom is 0.174 e. The van der Waals surface area contributed by atoms with Crippen molar-refractivity contribution in [2.75, 3.05) is 7.11 Å². The van der Waals surface area contributed by atoms with Crippen LogP contribution in [0.2, 0.25) is 0 Å². The Balaban J connectivity index is 2.02. The minimum absolute atomic E-state index is 0.852. The van der Waals surface area contributed by atoms with Crippen molar-refractivity contribution in [3.05, 3.63) is 33.7 Å². The number of thioether (sulfide) groups is 1. The van der Waals surface area contributed by atoms with Crippen molar-refractivity contribution < 1.29 is 4.74 Å². The minimum atomic E-state index is 0.852. The number of rotatable bonds is 4. The molecule has 6 heteroatoms. The van der Waals surface area contributed by atoms with Gasteiger partial charge in [0.25, 0.3) is 0 Å². The molecule has 0 aliphatic heterocycles. The molecule has 0 saturated carbocycles. The largest absolute Gasteiger partial charge is 0.496 e. The molecule has 0 unspecified atom stereocenters. The minimum Gasteiger partial charge on any atom is -0.496 e. The molecule has 0 aliphatic rings. The van der Waals surface area contributed by atoms with Gasteiger partial charge in [-0.05, 0) is 33.6 Å². The highest BCUT2D eigenvalue weighted by Gasteiger charge is 2.03. The molecule has 1 heterocycles. The zero-order chi connectivity index (χ0) is 11.4. The van der Waals surface area contributed by atoms with Crippen molar-refractivity contribution >= 4 is 39.0 Å². The number of hydrogen-bond acceptors (Lipinski definition) is 5. The van der Waals surface area contributed by atoms with E-state index in [1.807, 2.05) is 6.07 Å². The molecule has 84 valence electrons. The lowest BCUT2D eigenvalue weighted by Crippen LogP contribution is -1.86. The Bertz CT molecular complexity index is 462. The number of ether oxygens (including phenoxy) is 1. The SMILES string of the molecule is COc1ccc(CSc2nncs2)cc1Br. The molecule has 0 atom stereocenters. The lowest BCUT2D eigenvalue weighted by atomic mass is 10.2.